The van der Waals surface area contributed by atoms with Gasteiger partial charge < -0.3 is 10.6 Å². The second-order valence-corrected chi connectivity index (χ2v) is 7.63. The summed E-state index contributed by atoms with van der Waals surface area (Å²) in [6.45, 7) is 4.06. The van der Waals surface area contributed by atoms with Crippen LogP contribution in [0.15, 0.2) is 0 Å². The van der Waals surface area contributed by atoms with Gasteiger partial charge in [-0.1, -0.05) is 19.8 Å². The summed E-state index contributed by atoms with van der Waals surface area (Å²) in [4.78, 5) is 16.2. The Labute approximate surface area is 131 Å². The van der Waals surface area contributed by atoms with Crippen molar-refractivity contribution in [3.05, 3.63) is 16.0 Å². The third-order valence-corrected chi connectivity index (χ3v) is 6.03. The Bertz CT molecular complexity index is 517. The molecule has 3 nitrogen and oxygen atoms in total. The first-order chi connectivity index (χ1) is 10.2. The molecule has 21 heavy (non-hydrogen) atoms. The number of piperidine rings is 1. The van der Waals surface area contributed by atoms with Gasteiger partial charge >= 0.3 is 0 Å². The van der Waals surface area contributed by atoms with Crippen LogP contribution < -0.4 is 5.73 Å². The molecule has 0 saturated carbocycles. The summed E-state index contributed by atoms with van der Waals surface area (Å²) in [5, 5.41) is 0.757. The molecule has 1 unspecified atom stereocenters. The van der Waals surface area contributed by atoms with E-state index >= 15 is 0 Å². The van der Waals surface area contributed by atoms with E-state index in [1.165, 1.54) is 36.1 Å². The van der Waals surface area contributed by atoms with Crippen molar-refractivity contribution in [1.82, 2.24) is 4.90 Å². The summed E-state index contributed by atoms with van der Waals surface area (Å²) in [6.07, 6.45) is 9.46. The van der Waals surface area contributed by atoms with E-state index in [1.54, 1.807) is 11.3 Å². The van der Waals surface area contributed by atoms with Crippen molar-refractivity contribution in [2.24, 2.45) is 5.92 Å². The number of fused-ring (bicyclic) bond motifs is 1. The van der Waals surface area contributed by atoms with E-state index in [2.05, 4.69) is 6.92 Å². The van der Waals surface area contributed by atoms with Crippen LogP contribution >= 0.6 is 11.3 Å². The van der Waals surface area contributed by atoms with Crippen molar-refractivity contribution < 1.29 is 4.79 Å². The predicted octanol–water partition coefficient (Wildman–Crippen LogP) is 3.86. The van der Waals surface area contributed by atoms with Crippen LogP contribution in [0.2, 0.25) is 0 Å². The van der Waals surface area contributed by atoms with Crippen LogP contribution in [0.5, 0.6) is 0 Å². The molecular weight excluding hydrogens is 280 g/mol. The van der Waals surface area contributed by atoms with E-state index in [0.29, 0.717) is 0 Å². The fraction of sp³-hybridized carbons (Fsp3) is 0.706. The minimum atomic E-state index is 0.193. The van der Waals surface area contributed by atoms with Crippen molar-refractivity contribution in [3.8, 4) is 0 Å². The molecule has 0 spiro atoms. The van der Waals surface area contributed by atoms with Gasteiger partial charge in [0.1, 0.15) is 0 Å². The van der Waals surface area contributed by atoms with E-state index in [9.17, 15) is 4.79 Å². The zero-order valence-electron chi connectivity index (χ0n) is 13.0. The lowest BCUT2D eigenvalue weighted by Gasteiger charge is -2.28. The smallest absolute Gasteiger partial charge is 0.257 e. The number of nitrogen functional groups attached to an aromatic ring is 1. The number of carbonyl (C=O) groups excluding carboxylic acids is 1. The average Bonchev–Trinajstić information content (AvgIpc) is 2.83. The third-order valence-electron chi connectivity index (χ3n) is 4.95. The summed E-state index contributed by atoms with van der Waals surface area (Å²) < 4.78 is 0. The molecule has 2 aliphatic rings. The zero-order valence-corrected chi connectivity index (χ0v) is 13.8. The first-order valence-corrected chi connectivity index (χ1v) is 9.21. The van der Waals surface area contributed by atoms with Gasteiger partial charge in [0, 0.05) is 18.0 Å². The van der Waals surface area contributed by atoms with E-state index in [0.717, 1.165) is 55.3 Å². The fourth-order valence-corrected chi connectivity index (χ4v) is 5.04. The molecule has 1 aliphatic carbocycles. The normalized spacial score (nSPS) is 22.1. The molecule has 2 N–H and O–H groups in total. The van der Waals surface area contributed by atoms with Gasteiger partial charge in [0.05, 0.1) is 10.6 Å². The van der Waals surface area contributed by atoms with Gasteiger partial charge in [0.2, 0.25) is 0 Å². The van der Waals surface area contributed by atoms with Crippen molar-refractivity contribution in [3.63, 3.8) is 0 Å². The molecule has 1 fully saturated rings. The number of rotatable bonds is 3. The summed E-state index contributed by atoms with van der Waals surface area (Å²) in [5.74, 6) is 0.983. The Balaban J connectivity index is 1.82. The van der Waals surface area contributed by atoms with Crippen LogP contribution in [0.1, 0.15) is 66.2 Å². The number of anilines is 1. The molecule has 1 atom stereocenters. The molecular formula is C17H26N2OS. The first-order valence-electron chi connectivity index (χ1n) is 8.40. The van der Waals surface area contributed by atoms with Crippen LogP contribution in [-0.4, -0.2) is 23.9 Å². The van der Waals surface area contributed by atoms with Crippen molar-refractivity contribution in [1.29, 1.82) is 0 Å². The van der Waals surface area contributed by atoms with Crippen LogP contribution in [0.25, 0.3) is 0 Å². The Morgan fingerprint density at radius 2 is 2.10 bits per heavy atom. The minimum absolute atomic E-state index is 0.193. The topological polar surface area (TPSA) is 46.3 Å². The second-order valence-electron chi connectivity index (χ2n) is 6.49. The van der Waals surface area contributed by atoms with Crippen LogP contribution in [0, 0.1) is 5.92 Å². The van der Waals surface area contributed by atoms with E-state index in [-0.39, 0.29) is 5.91 Å². The summed E-state index contributed by atoms with van der Waals surface area (Å²) in [7, 11) is 0. The number of hydrogen-bond acceptors (Lipinski definition) is 3. The molecule has 1 saturated heterocycles. The van der Waals surface area contributed by atoms with E-state index in [4.69, 9.17) is 5.73 Å². The Morgan fingerprint density at radius 1 is 1.33 bits per heavy atom. The summed E-state index contributed by atoms with van der Waals surface area (Å²) in [6, 6.07) is 0. The van der Waals surface area contributed by atoms with Crippen LogP contribution in [-0.2, 0) is 12.8 Å². The average molecular weight is 306 g/mol. The van der Waals surface area contributed by atoms with Gasteiger partial charge in [0.25, 0.3) is 5.91 Å². The highest BCUT2D eigenvalue weighted by Crippen LogP contribution is 2.40. The van der Waals surface area contributed by atoms with Crippen LogP contribution in [0.4, 0.5) is 5.00 Å². The van der Waals surface area contributed by atoms with Gasteiger partial charge in [-0.15, -0.1) is 11.3 Å². The lowest BCUT2D eigenvalue weighted by atomic mass is 9.84. The molecule has 0 aromatic carbocycles. The quantitative estimate of drug-likeness (QED) is 0.921. The minimum Gasteiger partial charge on any atom is -0.390 e. The second kappa shape index (κ2) is 6.39. The molecule has 1 aromatic heterocycles. The van der Waals surface area contributed by atoms with E-state index in [1.807, 2.05) is 4.90 Å². The Kier molecular flexibility index (Phi) is 4.53. The van der Waals surface area contributed by atoms with Crippen LogP contribution in [0.3, 0.4) is 0 Å². The van der Waals surface area contributed by atoms with Gasteiger partial charge in [0.15, 0.2) is 0 Å². The Hall–Kier alpha value is -1.03. The molecule has 4 heteroatoms. The number of thiophene rings is 1. The van der Waals surface area contributed by atoms with Crippen molar-refractivity contribution >= 4 is 22.2 Å². The summed E-state index contributed by atoms with van der Waals surface area (Å²) >= 11 is 1.67. The molecule has 116 valence electrons. The molecule has 1 aliphatic heterocycles. The van der Waals surface area contributed by atoms with Crippen molar-refractivity contribution in [2.45, 2.75) is 58.3 Å². The molecule has 0 bridgehead atoms. The third kappa shape index (κ3) is 2.96. The lowest BCUT2D eigenvalue weighted by molar-refractivity contribution is 0.0724. The maximum absolute atomic E-state index is 12.8. The molecule has 1 amide bonds. The number of nitrogens with two attached hydrogens (primary N) is 1. The van der Waals surface area contributed by atoms with Gasteiger partial charge in [-0.25, -0.2) is 0 Å². The number of likely N-dealkylation sites (tertiary alicyclic amines) is 1. The Morgan fingerprint density at radius 3 is 2.81 bits per heavy atom. The summed E-state index contributed by atoms with van der Waals surface area (Å²) in [5.41, 5.74) is 8.35. The highest BCUT2D eigenvalue weighted by atomic mass is 32.1. The first kappa shape index (κ1) is 14.9. The molecule has 1 aromatic rings. The standard InChI is InChI=1S/C17H26N2OS/c1-2-6-12-7-8-13-14(11-12)21-16(18)15(13)17(20)19-9-4-3-5-10-19/h12H,2-11,18H2,1H3. The maximum Gasteiger partial charge on any atom is 0.257 e. The monoisotopic (exact) mass is 306 g/mol. The SMILES string of the molecule is CCCC1CCc2c(sc(N)c2C(=O)N2CCCCC2)C1. The number of carbonyl (C=O) groups is 1. The van der Waals surface area contributed by atoms with Crippen molar-refractivity contribution in [2.75, 3.05) is 18.8 Å². The largest absolute Gasteiger partial charge is 0.390 e. The number of amides is 1. The zero-order chi connectivity index (χ0) is 14.8. The highest BCUT2D eigenvalue weighted by Gasteiger charge is 2.30. The van der Waals surface area contributed by atoms with Gasteiger partial charge in [-0.3, -0.25) is 4.79 Å². The maximum atomic E-state index is 12.8. The lowest BCUT2D eigenvalue weighted by Crippen LogP contribution is -2.36. The number of nitrogens with zero attached hydrogens (tertiary/aromatic N) is 1. The van der Waals surface area contributed by atoms with Gasteiger partial charge in [-0.2, -0.15) is 0 Å². The van der Waals surface area contributed by atoms with E-state index < -0.39 is 0 Å². The predicted molar refractivity (Wildman–Crippen MR) is 88.9 cm³/mol. The highest BCUT2D eigenvalue weighted by molar-refractivity contribution is 7.16. The van der Waals surface area contributed by atoms with Gasteiger partial charge in [-0.05, 0) is 50.0 Å². The number of hydrogen-bond donors (Lipinski definition) is 1. The molecule has 2 heterocycles. The molecule has 0 radical (unpaired) electrons. The fourth-order valence-electron chi connectivity index (χ4n) is 3.82. The molecule has 3 rings (SSSR count).